The molecule has 28 heavy (non-hydrogen) atoms. The Morgan fingerprint density at radius 3 is 2.50 bits per heavy atom. The first kappa shape index (κ1) is 21.5. The second-order valence-corrected chi connectivity index (χ2v) is 10.1. The third kappa shape index (κ3) is 4.49. The van der Waals surface area contributed by atoms with Gasteiger partial charge in [0.1, 0.15) is 16.4 Å². The largest absolute Gasteiger partial charge is 0.360 e. The monoisotopic (exact) mass is 411 g/mol. The summed E-state index contributed by atoms with van der Waals surface area (Å²) in [5, 5.41) is 3.79. The first-order valence-corrected chi connectivity index (χ1v) is 12.0. The fourth-order valence-corrected chi connectivity index (χ4v) is 6.48. The number of rotatable bonds is 8. The van der Waals surface area contributed by atoms with Crippen molar-refractivity contribution in [2.24, 2.45) is 11.8 Å². The second kappa shape index (κ2) is 9.05. The van der Waals surface area contributed by atoms with Gasteiger partial charge in [-0.25, -0.2) is 8.42 Å². The first-order chi connectivity index (χ1) is 13.3. The summed E-state index contributed by atoms with van der Waals surface area (Å²) in [6, 6.07) is 0. The number of sulfonamides is 1. The Hall–Kier alpha value is -1.25. The Morgan fingerprint density at radius 2 is 1.89 bits per heavy atom. The predicted octanol–water partition coefficient (Wildman–Crippen LogP) is 2.77. The summed E-state index contributed by atoms with van der Waals surface area (Å²) in [6.45, 7) is 8.96. The molecule has 2 fully saturated rings. The molecule has 2 aliphatic heterocycles. The number of hydrogen-bond acceptors (Lipinski definition) is 6. The Kier molecular flexibility index (Phi) is 6.94. The number of nitrogens with zero attached hydrogens (tertiary/aromatic N) is 3. The summed E-state index contributed by atoms with van der Waals surface area (Å²) in [7, 11) is -3.70. The van der Waals surface area contributed by atoms with E-state index in [1.165, 1.54) is 23.6 Å². The average Bonchev–Trinajstić information content (AvgIpc) is 3.25. The lowest BCUT2D eigenvalue weighted by Gasteiger charge is -2.26. The van der Waals surface area contributed by atoms with Crippen molar-refractivity contribution < 1.29 is 17.7 Å². The number of Topliss-reactive ketones (excluding diaryl/α,β-unsaturated/α-hetero) is 1. The van der Waals surface area contributed by atoms with Crippen LogP contribution in [-0.4, -0.2) is 61.3 Å². The van der Waals surface area contributed by atoms with E-state index in [9.17, 15) is 13.2 Å². The molecule has 0 amide bonds. The number of carbonyl (C=O) groups is 1. The summed E-state index contributed by atoms with van der Waals surface area (Å²) in [6.07, 6.45) is 6.02. The highest BCUT2D eigenvalue weighted by Crippen LogP contribution is 2.34. The standard InChI is InChI=1S/C20H33N3O4S/c1-4-8-17-13-23(28(25,26)20-15(2)21-27-16(20)3)14-18(17)19(24)9-12-22-10-6-5-7-11-22/h17-18H,4-14H2,1-3H3/t17-,18?/m0/s1. The zero-order valence-corrected chi connectivity index (χ0v) is 18.1. The number of hydrogen-bond donors (Lipinski definition) is 0. The number of ketones is 1. The van der Waals surface area contributed by atoms with E-state index in [1.807, 2.05) is 0 Å². The van der Waals surface area contributed by atoms with Crippen molar-refractivity contribution in [2.45, 2.75) is 64.2 Å². The maximum Gasteiger partial charge on any atom is 0.248 e. The van der Waals surface area contributed by atoms with E-state index in [0.29, 0.717) is 24.4 Å². The summed E-state index contributed by atoms with van der Waals surface area (Å²) in [5.74, 6) is 0.402. The molecule has 3 rings (SSSR count). The SMILES string of the molecule is CCC[C@H]1CN(S(=O)(=O)c2c(C)noc2C)CC1C(=O)CCN1CCCCC1. The molecule has 1 aromatic heterocycles. The minimum absolute atomic E-state index is 0.0918. The Bertz CT molecular complexity index is 764. The van der Waals surface area contributed by atoms with Gasteiger partial charge in [0.05, 0.1) is 0 Å². The number of carbonyl (C=O) groups excluding carboxylic acids is 1. The van der Waals surface area contributed by atoms with Crippen LogP contribution >= 0.6 is 0 Å². The van der Waals surface area contributed by atoms with Crippen LogP contribution in [0.3, 0.4) is 0 Å². The van der Waals surface area contributed by atoms with Crippen LogP contribution in [0, 0.1) is 25.7 Å². The van der Waals surface area contributed by atoms with Crippen molar-refractivity contribution in [3.63, 3.8) is 0 Å². The highest BCUT2D eigenvalue weighted by atomic mass is 32.2. The van der Waals surface area contributed by atoms with Gasteiger partial charge in [-0.05, 0) is 52.1 Å². The van der Waals surface area contributed by atoms with E-state index in [2.05, 4.69) is 17.0 Å². The first-order valence-electron chi connectivity index (χ1n) is 10.5. The minimum atomic E-state index is -3.70. The summed E-state index contributed by atoms with van der Waals surface area (Å²) in [4.78, 5) is 15.5. The molecule has 2 saturated heterocycles. The molecule has 2 atom stereocenters. The zero-order chi connectivity index (χ0) is 20.3. The van der Waals surface area contributed by atoms with E-state index < -0.39 is 10.0 Å². The average molecular weight is 412 g/mol. The molecule has 3 heterocycles. The zero-order valence-electron chi connectivity index (χ0n) is 17.3. The fourth-order valence-electron chi connectivity index (χ4n) is 4.66. The number of aryl methyl sites for hydroxylation is 2. The number of piperidine rings is 1. The van der Waals surface area contributed by atoms with Gasteiger partial charge in [-0.1, -0.05) is 24.9 Å². The van der Waals surface area contributed by atoms with Gasteiger partial charge in [-0.15, -0.1) is 0 Å². The Balaban J connectivity index is 1.70. The van der Waals surface area contributed by atoms with Crippen molar-refractivity contribution in [1.82, 2.24) is 14.4 Å². The summed E-state index contributed by atoms with van der Waals surface area (Å²) < 4.78 is 32.9. The van der Waals surface area contributed by atoms with E-state index in [0.717, 1.165) is 32.5 Å². The fraction of sp³-hybridized carbons (Fsp3) is 0.800. The predicted molar refractivity (Wildman–Crippen MR) is 107 cm³/mol. The van der Waals surface area contributed by atoms with Crippen molar-refractivity contribution in [2.75, 3.05) is 32.7 Å². The van der Waals surface area contributed by atoms with Gasteiger partial charge in [0.2, 0.25) is 10.0 Å². The van der Waals surface area contributed by atoms with E-state index in [1.54, 1.807) is 13.8 Å². The lowest BCUT2D eigenvalue weighted by molar-refractivity contribution is -0.123. The molecule has 8 heteroatoms. The van der Waals surface area contributed by atoms with Crippen molar-refractivity contribution in [1.29, 1.82) is 0 Å². The Labute approximate surface area is 168 Å². The van der Waals surface area contributed by atoms with Crippen LogP contribution in [0.1, 0.15) is 56.9 Å². The van der Waals surface area contributed by atoms with Gasteiger partial charge in [0.25, 0.3) is 0 Å². The van der Waals surface area contributed by atoms with Crippen LogP contribution < -0.4 is 0 Å². The molecule has 7 nitrogen and oxygen atoms in total. The third-order valence-corrected chi connectivity index (χ3v) is 8.25. The normalized spacial score (nSPS) is 24.7. The molecule has 0 aromatic carbocycles. The van der Waals surface area contributed by atoms with Crippen LogP contribution in [0.15, 0.2) is 9.42 Å². The smallest absolute Gasteiger partial charge is 0.248 e. The topological polar surface area (TPSA) is 83.7 Å². The maximum atomic E-state index is 13.2. The van der Waals surface area contributed by atoms with Gasteiger partial charge in [0, 0.05) is 32.0 Å². The van der Waals surface area contributed by atoms with Crippen LogP contribution in [0.4, 0.5) is 0 Å². The molecule has 0 N–H and O–H groups in total. The molecule has 158 valence electrons. The lowest BCUT2D eigenvalue weighted by atomic mass is 9.87. The second-order valence-electron chi connectivity index (χ2n) is 8.25. The van der Waals surface area contributed by atoms with Gasteiger partial charge in [-0.3, -0.25) is 4.79 Å². The highest BCUT2D eigenvalue weighted by molar-refractivity contribution is 7.89. The minimum Gasteiger partial charge on any atom is -0.360 e. The van der Waals surface area contributed by atoms with Crippen molar-refractivity contribution in [3.05, 3.63) is 11.5 Å². The van der Waals surface area contributed by atoms with E-state index >= 15 is 0 Å². The Morgan fingerprint density at radius 1 is 1.18 bits per heavy atom. The van der Waals surface area contributed by atoms with Crippen molar-refractivity contribution >= 4 is 15.8 Å². The maximum absolute atomic E-state index is 13.2. The third-order valence-electron chi connectivity index (χ3n) is 6.17. The van der Waals surface area contributed by atoms with Crippen molar-refractivity contribution in [3.8, 4) is 0 Å². The molecule has 2 aliphatic rings. The lowest BCUT2D eigenvalue weighted by Crippen LogP contribution is -2.34. The van der Waals surface area contributed by atoms with Crippen LogP contribution in [-0.2, 0) is 14.8 Å². The molecule has 1 unspecified atom stereocenters. The summed E-state index contributed by atoms with van der Waals surface area (Å²) in [5.41, 5.74) is 0.379. The molecule has 1 aromatic rings. The van der Waals surface area contributed by atoms with Crippen LogP contribution in [0.5, 0.6) is 0 Å². The highest BCUT2D eigenvalue weighted by Gasteiger charge is 2.43. The van der Waals surface area contributed by atoms with Gasteiger partial charge in [-0.2, -0.15) is 4.31 Å². The van der Waals surface area contributed by atoms with Gasteiger partial charge in [0.15, 0.2) is 5.76 Å². The van der Waals surface area contributed by atoms with Crippen LogP contribution in [0.2, 0.25) is 0 Å². The molecular formula is C20H33N3O4S. The molecule has 0 saturated carbocycles. The molecule has 0 bridgehead atoms. The summed E-state index contributed by atoms with van der Waals surface area (Å²) >= 11 is 0. The molecule has 0 aliphatic carbocycles. The van der Waals surface area contributed by atoms with Gasteiger partial charge < -0.3 is 9.42 Å². The van der Waals surface area contributed by atoms with Gasteiger partial charge >= 0.3 is 0 Å². The van der Waals surface area contributed by atoms with E-state index in [4.69, 9.17) is 4.52 Å². The molecular weight excluding hydrogens is 378 g/mol. The van der Waals surface area contributed by atoms with Crippen LogP contribution in [0.25, 0.3) is 0 Å². The molecule has 0 spiro atoms. The quantitative estimate of drug-likeness (QED) is 0.654. The number of aromatic nitrogens is 1. The van der Waals surface area contributed by atoms with E-state index in [-0.39, 0.29) is 29.1 Å². The molecule has 0 radical (unpaired) electrons. The number of likely N-dealkylation sites (tertiary alicyclic amines) is 1.